The molecule has 3 aromatic carbocycles. The van der Waals surface area contributed by atoms with Crippen LogP contribution in [0.25, 0.3) is 16.3 Å². The molecule has 2 aliphatic rings. The van der Waals surface area contributed by atoms with Crippen molar-refractivity contribution in [2.75, 3.05) is 6.54 Å². The van der Waals surface area contributed by atoms with Crippen LogP contribution in [0.3, 0.4) is 0 Å². The molecule has 0 aliphatic heterocycles. The van der Waals surface area contributed by atoms with E-state index >= 15 is 0 Å². The molecule has 0 aromatic heterocycles. The second-order valence-corrected chi connectivity index (χ2v) is 9.98. The summed E-state index contributed by atoms with van der Waals surface area (Å²) in [6.45, 7) is 8.39. The van der Waals surface area contributed by atoms with Crippen molar-refractivity contribution in [1.29, 1.82) is 0 Å². The second-order valence-electron chi connectivity index (χ2n) is 9.98. The van der Waals surface area contributed by atoms with Gasteiger partial charge >= 0.3 is 5.97 Å². The van der Waals surface area contributed by atoms with Gasteiger partial charge in [0.2, 0.25) is 0 Å². The molecule has 41 heavy (non-hydrogen) atoms. The fourth-order valence-corrected chi connectivity index (χ4v) is 5.12. The number of hydrogen-bond acceptors (Lipinski definition) is 5. The largest absolute Gasteiger partial charge is 0.508 e. The van der Waals surface area contributed by atoms with Gasteiger partial charge in [-0.3, -0.25) is 9.59 Å². The zero-order valence-corrected chi connectivity index (χ0v) is 22.8. The van der Waals surface area contributed by atoms with Crippen LogP contribution in [0.1, 0.15) is 57.2 Å². The molecule has 0 radical (unpaired) electrons. The Balaban J connectivity index is 1.69. The van der Waals surface area contributed by atoms with Crippen molar-refractivity contribution in [1.82, 2.24) is 5.32 Å². The quantitative estimate of drug-likeness (QED) is 0.300. The molecule has 206 valence electrons. The van der Waals surface area contributed by atoms with Gasteiger partial charge in [0.15, 0.2) is 5.78 Å². The summed E-state index contributed by atoms with van der Waals surface area (Å²) in [6, 6.07) is 11.6. The highest BCUT2D eigenvalue weighted by molar-refractivity contribution is 6.05. The molecule has 0 heterocycles. The highest BCUT2D eigenvalue weighted by atomic mass is 16.5. The summed E-state index contributed by atoms with van der Waals surface area (Å²) < 4.78 is 6.60. The maximum absolute atomic E-state index is 12.9. The van der Waals surface area contributed by atoms with Crippen LogP contribution in [0, 0.1) is 6.92 Å². The van der Waals surface area contributed by atoms with Gasteiger partial charge < -0.3 is 20.3 Å². The minimum atomic E-state index is -1.14. The molecule has 0 fully saturated rings. The Morgan fingerprint density at radius 3 is 2.61 bits per heavy atom. The molecular formula is C34H29NO6. The number of carbonyl (C=O) groups excluding carboxylic acids is 2. The number of ether oxygens (including phenoxy) is 1. The number of allylic oxidation sites excluding steroid dienone is 7. The van der Waals surface area contributed by atoms with Crippen molar-refractivity contribution in [2.45, 2.75) is 26.7 Å². The van der Waals surface area contributed by atoms with Crippen LogP contribution in [0.5, 0.6) is 11.5 Å². The number of fused-ring (bicyclic) bond motifs is 2. The number of hydrogen-bond donors (Lipinski definition) is 3. The monoisotopic (exact) mass is 547 g/mol. The van der Waals surface area contributed by atoms with Crippen LogP contribution in [0.4, 0.5) is 0 Å². The van der Waals surface area contributed by atoms with E-state index in [2.05, 4.69) is 11.9 Å². The van der Waals surface area contributed by atoms with E-state index in [1.165, 1.54) is 6.08 Å². The first-order chi connectivity index (χ1) is 19.7. The van der Waals surface area contributed by atoms with E-state index in [1.807, 2.05) is 19.1 Å². The first-order valence-electron chi connectivity index (χ1n) is 13.3. The molecular weight excluding hydrogens is 518 g/mol. The van der Waals surface area contributed by atoms with E-state index < -0.39 is 5.97 Å². The number of carboxylic acids is 1. The summed E-state index contributed by atoms with van der Waals surface area (Å²) >= 11 is 0. The third-order valence-electron chi connectivity index (χ3n) is 7.10. The van der Waals surface area contributed by atoms with E-state index in [0.717, 1.165) is 17.6 Å². The predicted molar refractivity (Wildman–Crippen MR) is 158 cm³/mol. The number of phenols is 1. The Morgan fingerprint density at radius 1 is 1.05 bits per heavy atom. The van der Waals surface area contributed by atoms with Gasteiger partial charge in [0.05, 0.1) is 5.56 Å². The summed E-state index contributed by atoms with van der Waals surface area (Å²) in [4.78, 5) is 37.2. The standard InChI is InChI=1S/C34H29NO6/c1-4-14-35-33(38)23-15-19(2)31(34(39)40)29(18-23)20(3)26-11-8-22-17-25(37)10-13-28(22)32(26)41-30-7-5-6-21-16-24(36)9-12-27(21)30/h5-6,8-13,15-18,37H,3-4,7,14H2,1-2H3,(H,35,38)(H,39,40). The topological polar surface area (TPSA) is 113 Å². The number of phenolic OH excluding ortho intramolecular Hbond substituents is 1. The number of aryl methyl sites for hydroxylation is 1. The lowest BCUT2D eigenvalue weighted by atomic mass is 9.88. The Bertz CT molecular complexity index is 1770. The lowest BCUT2D eigenvalue weighted by molar-refractivity contribution is -0.110. The van der Waals surface area contributed by atoms with Crippen LogP contribution < -0.4 is 10.1 Å². The van der Waals surface area contributed by atoms with Crippen molar-refractivity contribution >= 4 is 34.0 Å². The molecule has 0 spiro atoms. The Kier molecular flexibility index (Phi) is 7.44. The number of carbonyl (C=O) groups is 3. The van der Waals surface area contributed by atoms with Gasteiger partial charge in [-0.1, -0.05) is 31.7 Å². The first-order valence-corrected chi connectivity index (χ1v) is 13.3. The van der Waals surface area contributed by atoms with Gasteiger partial charge in [-0.05, 0) is 95.6 Å². The zero-order chi connectivity index (χ0) is 29.3. The van der Waals surface area contributed by atoms with Crippen LogP contribution >= 0.6 is 0 Å². The fraction of sp³-hybridized carbons (Fsp3) is 0.147. The van der Waals surface area contributed by atoms with Crippen molar-refractivity contribution in [2.24, 2.45) is 0 Å². The molecule has 5 rings (SSSR count). The second kappa shape index (κ2) is 11.1. The van der Waals surface area contributed by atoms with Gasteiger partial charge in [0, 0.05) is 35.1 Å². The third kappa shape index (κ3) is 5.34. The van der Waals surface area contributed by atoms with Crippen molar-refractivity contribution in [3.8, 4) is 11.5 Å². The maximum atomic E-state index is 12.9. The number of carboxylic acid groups (broad SMARTS) is 1. The number of aromatic hydroxyl groups is 1. The number of aromatic carboxylic acids is 1. The zero-order valence-electron chi connectivity index (χ0n) is 22.8. The summed E-state index contributed by atoms with van der Waals surface area (Å²) in [5.41, 5.74) is 3.51. The smallest absolute Gasteiger partial charge is 0.336 e. The van der Waals surface area contributed by atoms with Crippen LogP contribution in [-0.4, -0.2) is 34.4 Å². The van der Waals surface area contributed by atoms with E-state index in [4.69, 9.17) is 4.74 Å². The number of benzene rings is 3. The first kappa shape index (κ1) is 27.4. The lowest BCUT2D eigenvalue weighted by Gasteiger charge is -2.23. The summed E-state index contributed by atoms with van der Waals surface area (Å²) in [5.74, 6) is -0.425. The molecule has 0 saturated heterocycles. The van der Waals surface area contributed by atoms with Crippen LogP contribution in [0.2, 0.25) is 0 Å². The minimum absolute atomic E-state index is 0.0420. The molecule has 0 bridgehead atoms. The average Bonchev–Trinajstić information content (AvgIpc) is 2.94. The molecule has 0 atom stereocenters. The van der Waals surface area contributed by atoms with E-state index in [1.54, 1.807) is 61.5 Å². The van der Waals surface area contributed by atoms with E-state index in [-0.39, 0.29) is 23.0 Å². The van der Waals surface area contributed by atoms with Gasteiger partial charge in [0.1, 0.15) is 17.3 Å². The third-order valence-corrected chi connectivity index (χ3v) is 7.10. The van der Waals surface area contributed by atoms with Gasteiger partial charge in [0.25, 0.3) is 5.91 Å². The summed E-state index contributed by atoms with van der Waals surface area (Å²) in [6.07, 6.45) is 9.78. The van der Waals surface area contributed by atoms with Gasteiger partial charge in [-0.2, -0.15) is 0 Å². The number of rotatable bonds is 8. The molecule has 7 heteroatoms. The van der Waals surface area contributed by atoms with Crippen molar-refractivity contribution in [3.63, 3.8) is 0 Å². The highest BCUT2D eigenvalue weighted by Crippen LogP contribution is 2.41. The van der Waals surface area contributed by atoms with Crippen molar-refractivity contribution in [3.05, 3.63) is 124 Å². The molecule has 1 amide bonds. The highest BCUT2D eigenvalue weighted by Gasteiger charge is 2.24. The minimum Gasteiger partial charge on any atom is -0.508 e. The van der Waals surface area contributed by atoms with Crippen molar-refractivity contribution < 1.29 is 29.3 Å². The Hall–Kier alpha value is -5.17. The molecule has 2 aliphatic carbocycles. The van der Waals surface area contributed by atoms with Crippen LogP contribution in [0.15, 0.2) is 96.3 Å². The van der Waals surface area contributed by atoms with Gasteiger partial charge in [-0.15, -0.1) is 0 Å². The maximum Gasteiger partial charge on any atom is 0.336 e. The molecule has 0 saturated carbocycles. The molecule has 7 nitrogen and oxygen atoms in total. The summed E-state index contributed by atoms with van der Waals surface area (Å²) in [7, 11) is 0. The Labute approximate surface area is 237 Å². The summed E-state index contributed by atoms with van der Waals surface area (Å²) in [5, 5.41) is 24.5. The lowest BCUT2D eigenvalue weighted by Crippen LogP contribution is -2.24. The Morgan fingerprint density at radius 2 is 1.85 bits per heavy atom. The van der Waals surface area contributed by atoms with E-state index in [0.29, 0.717) is 63.1 Å². The number of ketones is 1. The number of nitrogens with one attached hydrogen (secondary N) is 1. The molecule has 3 N–H and O–H groups in total. The number of amides is 1. The fourth-order valence-electron chi connectivity index (χ4n) is 5.12. The van der Waals surface area contributed by atoms with Gasteiger partial charge in [-0.25, -0.2) is 4.79 Å². The predicted octanol–water partition coefficient (Wildman–Crippen LogP) is 6.41. The molecule has 3 aromatic rings. The van der Waals surface area contributed by atoms with Crippen LogP contribution in [-0.2, 0) is 4.79 Å². The average molecular weight is 548 g/mol. The van der Waals surface area contributed by atoms with E-state index in [9.17, 15) is 24.6 Å². The normalized spacial score (nSPS) is 14.1. The SMILES string of the molecule is C=C(c1cc(C(=O)NCCC)cc(C)c1C(=O)O)c1ccc2cc(O)ccc2c1OC1=C2C=CC(=O)C=C2C=CC1. The molecule has 0 unspecified atom stereocenters.